The SMILES string of the molecule is CC(C)Oc1cc(-n2cc(C(N)=O)cn2)c(N)cc1F. The Hall–Kier alpha value is -2.57. The molecule has 0 aliphatic rings. The minimum Gasteiger partial charge on any atom is -0.488 e. The minimum absolute atomic E-state index is 0.0697. The average Bonchev–Trinajstić information content (AvgIpc) is 2.81. The van der Waals surface area contributed by atoms with Crippen molar-refractivity contribution in [2.45, 2.75) is 20.0 Å². The van der Waals surface area contributed by atoms with E-state index in [2.05, 4.69) is 5.10 Å². The molecule has 0 radical (unpaired) electrons. The number of anilines is 1. The molecule has 0 fully saturated rings. The zero-order chi connectivity index (χ0) is 14.9. The standard InChI is InChI=1S/C13H15FN4O2/c1-7(2)20-12-4-11(10(15)3-9(12)14)18-6-8(5-17-18)13(16)19/h3-7H,15H2,1-2H3,(H2,16,19). The fourth-order valence-corrected chi connectivity index (χ4v) is 1.68. The molecule has 20 heavy (non-hydrogen) atoms. The Labute approximate surface area is 115 Å². The highest BCUT2D eigenvalue weighted by atomic mass is 19.1. The van der Waals surface area contributed by atoms with Crippen LogP contribution in [0.1, 0.15) is 24.2 Å². The average molecular weight is 278 g/mol. The zero-order valence-corrected chi connectivity index (χ0v) is 11.1. The molecule has 6 nitrogen and oxygen atoms in total. The number of nitrogens with zero attached hydrogens (tertiary/aromatic N) is 2. The second kappa shape index (κ2) is 5.20. The number of nitrogen functional groups attached to an aromatic ring is 1. The third kappa shape index (κ3) is 2.71. The van der Waals surface area contributed by atoms with Crippen LogP contribution in [0.3, 0.4) is 0 Å². The van der Waals surface area contributed by atoms with E-state index in [1.807, 2.05) is 0 Å². The number of hydrogen-bond donors (Lipinski definition) is 2. The first-order valence-corrected chi connectivity index (χ1v) is 5.99. The molecule has 0 aliphatic carbocycles. The molecule has 2 rings (SSSR count). The van der Waals surface area contributed by atoms with Gasteiger partial charge in [0.1, 0.15) is 0 Å². The molecule has 1 heterocycles. The molecular weight excluding hydrogens is 263 g/mol. The van der Waals surface area contributed by atoms with Crippen LogP contribution in [-0.4, -0.2) is 21.8 Å². The van der Waals surface area contributed by atoms with Gasteiger partial charge in [-0.15, -0.1) is 0 Å². The van der Waals surface area contributed by atoms with Crippen LogP contribution < -0.4 is 16.2 Å². The van der Waals surface area contributed by atoms with E-state index in [0.29, 0.717) is 5.69 Å². The summed E-state index contributed by atoms with van der Waals surface area (Å²) in [6.07, 6.45) is 2.55. The molecule has 2 aromatic rings. The van der Waals surface area contributed by atoms with E-state index in [-0.39, 0.29) is 23.1 Å². The van der Waals surface area contributed by atoms with E-state index in [9.17, 15) is 9.18 Å². The molecule has 0 saturated carbocycles. The van der Waals surface area contributed by atoms with Crippen LogP contribution in [0, 0.1) is 5.82 Å². The first-order valence-electron chi connectivity index (χ1n) is 5.99. The van der Waals surface area contributed by atoms with Gasteiger partial charge in [-0.2, -0.15) is 5.10 Å². The summed E-state index contributed by atoms with van der Waals surface area (Å²) >= 11 is 0. The summed E-state index contributed by atoms with van der Waals surface area (Å²) in [7, 11) is 0. The Morgan fingerprint density at radius 1 is 1.45 bits per heavy atom. The summed E-state index contributed by atoms with van der Waals surface area (Å²) < 4.78 is 20.4. The molecule has 0 saturated heterocycles. The van der Waals surface area contributed by atoms with Gasteiger partial charge in [0.25, 0.3) is 5.91 Å². The monoisotopic (exact) mass is 278 g/mol. The lowest BCUT2D eigenvalue weighted by Crippen LogP contribution is -2.10. The Morgan fingerprint density at radius 3 is 2.70 bits per heavy atom. The van der Waals surface area contributed by atoms with E-state index >= 15 is 0 Å². The molecule has 4 N–H and O–H groups in total. The number of ether oxygens (including phenoxy) is 1. The van der Waals surface area contributed by atoms with Gasteiger partial charge in [-0.25, -0.2) is 9.07 Å². The predicted octanol–water partition coefficient (Wildman–Crippen LogP) is 1.48. The van der Waals surface area contributed by atoms with Crippen LogP contribution in [-0.2, 0) is 0 Å². The Bertz CT molecular complexity index is 652. The molecule has 1 aromatic heterocycles. The van der Waals surface area contributed by atoms with E-state index < -0.39 is 11.7 Å². The number of halogens is 1. The van der Waals surface area contributed by atoms with Crippen molar-refractivity contribution >= 4 is 11.6 Å². The third-order valence-electron chi connectivity index (χ3n) is 2.56. The van der Waals surface area contributed by atoms with Gasteiger partial charge < -0.3 is 16.2 Å². The first-order chi connectivity index (χ1) is 9.38. The van der Waals surface area contributed by atoms with Crippen molar-refractivity contribution in [2.75, 3.05) is 5.73 Å². The van der Waals surface area contributed by atoms with Crippen LogP contribution in [0.2, 0.25) is 0 Å². The number of primary amides is 1. The van der Waals surface area contributed by atoms with E-state index in [4.69, 9.17) is 16.2 Å². The number of nitrogens with two attached hydrogens (primary N) is 2. The van der Waals surface area contributed by atoms with Crippen molar-refractivity contribution in [3.63, 3.8) is 0 Å². The quantitative estimate of drug-likeness (QED) is 0.828. The molecule has 0 unspecified atom stereocenters. The van der Waals surface area contributed by atoms with Gasteiger partial charge in [0, 0.05) is 18.3 Å². The minimum atomic E-state index is -0.601. The molecule has 1 aromatic carbocycles. The lowest BCUT2D eigenvalue weighted by molar-refractivity contribution is 0.100. The van der Waals surface area contributed by atoms with E-state index in [1.54, 1.807) is 13.8 Å². The highest BCUT2D eigenvalue weighted by molar-refractivity contribution is 5.92. The fraction of sp³-hybridized carbons (Fsp3) is 0.231. The topological polar surface area (TPSA) is 96.2 Å². The summed E-state index contributed by atoms with van der Waals surface area (Å²) in [6, 6.07) is 2.58. The van der Waals surface area contributed by atoms with Gasteiger partial charge in [-0.3, -0.25) is 4.79 Å². The molecule has 1 amide bonds. The van der Waals surface area contributed by atoms with Crippen LogP contribution in [0.15, 0.2) is 24.5 Å². The Kier molecular flexibility index (Phi) is 3.60. The van der Waals surface area contributed by atoms with Crippen molar-refractivity contribution in [1.29, 1.82) is 0 Å². The van der Waals surface area contributed by atoms with Crippen LogP contribution in [0.25, 0.3) is 5.69 Å². The van der Waals surface area contributed by atoms with E-state index in [1.165, 1.54) is 23.1 Å². The molecule has 0 aliphatic heterocycles. The van der Waals surface area contributed by atoms with Gasteiger partial charge in [0.05, 0.1) is 29.2 Å². The Morgan fingerprint density at radius 2 is 2.15 bits per heavy atom. The number of amides is 1. The number of carbonyl (C=O) groups is 1. The second-order valence-electron chi connectivity index (χ2n) is 4.55. The van der Waals surface area contributed by atoms with E-state index in [0.717, 1.165) is 6.07 Å². The number of benzene rings is 1. The first kappa shape index (κ1) is 13.9. The molecule has 0 spiro atoms. The van der Waals surface area contributed by atoms with Crippen molar-refractivity contribution in [2.24, 2.45) is 5.73 Å². The Balaban J connectivity index is 2.46. The van der Waals surface area contributed by atoms with Crippen molar-refractivity contribution in [3.8, 4) is 11.4 Å². The van der Waals surface area contributed by atoms with Crippen LogP contribution >= 0.6 is 0 Å². The summed E-state index contributed by atoms with van der Waals surface area (Å²) in [5, 5.41) is 3.98. The highest BCUT2D eigenvalue weighted by Gasteiger charge is 2.13. The van der Waals surface area contributed by atoms with Crippen molar-refractivity contribution in [1.82, 2.24) is 9.78 Å². The van der Waals surface area contributed by atoms with Crippen LogP contribution in [0.4, 0.5) is 10.1 Å². The van der Waals surface area contributed by atoms with Gasteiger partial charge in [0.15, 0.2) is 11.6 Å². The molecule has 7 heteroatoms. The normalized spacial score (nSPS) is 10.8. The summed E-state index contributed by atoms with van der Waals surface area (Å²) in [5.74, 6) is -1.09. The summed E-state index contributed by atoms with van der Waals surface area (Å²) in [5.41, 5.74) is 11.7. The maximum atomic E-state index is 13.7. The number of aromatic nitrogens is 2. The molecular formula is C13H15FN4O2. The summed E-state index contributed by atoms with van der Waals surface area (Å²) in [4.78, 5) is 11.0. The molecule has 0 atom stereocenters. The van der Waals surface area contributed by atoms with Gasteiger partial charge in [-0.05, 0) is 13.8 Å². The molecule has 0 bridgehead atoms. The lowest BCUT2D eigenvalue weighted by atomic mass is 10.2. The highest BCUT2D eigenvalue weighted by Crippen LogP contribution is 2.27. The third-order valence-corrected chi connectivity index (χ3v) is 2.56. The predicted molar refractivity (Wildman–Crippen MR) is 72.2 cm³/mol. The smallest absolute Gasteiger partial charge is 0.251 e. The lowest BCUT2D eigenvalue weighted by Gasteiger charge is -2.13. The zero-order valence-electron chi connectivity index (χ0n) is 11.1. The largest absolute Gasteiger partial charge is 0.488 e. The van der Waals surface area contributed by atoms with Gasteiger partial charge in [-0.1, -0.05) is 0 Å². The molecule has 106 valence electrons. The van der Waals surface area contributed by atoms with Crippen molar-refractivity contribution in [3.05, 3.63) is 35.9 Å². The van der Waals surface area contributed by atoms with Gasteiger partial charge >= 0.3 is 0 Å². The number of carbonyl (C=O) groups excluding carboxylic acids is 1. The van der Waals surface area contributed by atoms with Gasteiger partial charge in [0.2, 0.25) is 0 Å². The van der Waals surface area contributed by atoms with Crippen molar-refractivity contribution < 1.29 is 13.9 Å². The number of rotatable bonds is 4. The maximum absolute atomic E-state index is 13.7. The van der Waals surface area contributed by atoms with Crippen LogP contribution in [0.5, 0.6) is 5.75 Å². The summed E-state index contributed by atoms with van der Waals surface area (Å²) in [6.45, 7) is 3.57. The maximum Gasteiger partial charge on any atom is 0.251 e. The second-order valence-corrected chi connectivity index (χ2v) is 4.55. The fourth-order valence-electron chi connectivity index (χ4n) is 1.68. The number of hydrogen-bond acceptors (Lipinski definition) is 4.